The molecule has 1 aromatic heterocycles. The van der Waals surface area contributed by atoms with Gasteiger partial charge in [-0.25, -0.2) is 9.78 Å². The molecule has 1 N–H and O–H groups in total. The highest BCUT2D eigenvalue weighted by atomic mass is 79.9. The molecule has 1 heterocycles. The highest BCUT2D eigenvalue weighted by molar-refractivity contribution is 9.10. The molecule has 5 nitrogen and oxygen atoms in total. The van der Waals surface area contributed by atoms with Gasteiger partial charge in [0.2, 0.25) is 5.88 Å². The molecule has 0 atom stereocenters. The number of ether oxygens (including phenoxy) is 1. The van der Waals surface area contributed by atoms with E-state index in [1.54, 1.807) is 26.0 Å². The molecule has 2 aromatic rings. The van der Waals surface area contributed by atoms with Crippen LogP contribution in [0.1, 0.15) is 27.2 Å². The van der Waals surface area contributed by atoms with E-state index in [1.165, 1.54) is 12.1 Å². The molecule has 0 fully saturated rings. The van der Waals surface area contributed by atoms with Crippen LogP contribution in [0, 0.1) is 25.2 Å². The molecule has 106 valence electrons. The Morgan fingerprint density at radius 1 is 1.38 bits per heavy atom. The molecule has 0 aliphatic carbocycles. The van der Waals surface area contributed by atoms with E-state index in [4.69, 9.17) is 9.84 Å². The quantitative estimate of drug-likeness (QED) is 0.912. The predicted molar refractivity (Wildman–Crippen MR) is 79.6 cm³/mol. The minimum absolute atomic E-state index is 0.0936. The molecule has 0 bridgehead atoms. The summed E-state index contributed by atoms with van der Waals surface area (Å²) < 4.78 is 6.22. The Labute approximate surface area is 129 Å². The third-order valence-electron chi connectivity index (χ3n) is 2.81. The van der Waals surface area contributed by atoms with E-state index in [2.05, 4.69) is 20.9 Å². The number of aromatic carboxylic acids is 1. The lowest BCUT2D eigenvalue weighted by atomic mass is 10.1. The maximum Gasteiger partial charge on any atom is 0.335 e. The van der Waals surface area contributed by atoms with Crippen LogP contribution < -0.4 is 4.74 Å². The number of rotatable bonds is 3. The molecule has 21 heavy (non-hydrogen) atoms. The number of carbonyl (C=O) groups is 1. The zero-order valence-corrected chi connectivity index (χ0v) is 12.9. The van der Waals surface area contributed by atoms with Crippen LogP contribution in [0.3, 0.4) is 0 Å². The molecule has 0 spiro atoms. The lowest BCUT2D eigenvalue weighted by molar-refractivity contribution is 0.0696. The summed E-state index contributed by atoms with van der Waals surface area (Å²) in [5.74, 6) is -0.594. The highest BCUT2D eigenvalue weighted by Gasteiger charge is 2.14. The van der Waals surface area contributed by atoms with Crippen LogP contribution in [0.25, 0.3) is 0 Å². The van der Waals surface area contributed by atoms with E-state index >= 15 is 0 Å². The lowest BCUT2D eigenvalue weighted by Gasteiger charge is -2.11. The number of nitrogens with zero attached hydrogens (tertiary/aromatic N) is 2. The van der Waals surface area contributed by atoms with Crippen molar-refractivity contribution in [2.75, 3.05) is 0 Å². The summed E-state index contributed by atoms with van der Waals surface area (Å²) in [6.07, 6.45) is 0. The molecule has 2 rings (SSSR count). The zero-order chi connectivity index (χ0) is 15.6. The van der Waals surface area contributed by atoms with Crippen LogP contribution in [0.5, 0.6) is 11.6 Å². The van der Waals surface area contributed by atoms with Crippen molar-refractivity contribution in [2.45, 2.75) is 13.8 Å². The van der Waals surface area contributed by atoms with Gasteiger partial charge in [0.15, 0.2) is 0 Å². The van der Waals surface area contributed by atoms with Crippen molar-refractivity contribution in [1.82, 2.24) is 4.98 Å². The van der Waals surface area contributed by atoms with Gasteiger partial charge in [-0.2, -0.15) is 5.26 Å². The van der Waals surface area contributed by atoms with E-state index in [1.807, 2.05) is 6.07 Å². The Morgan fingerprint density at radius 2 is 2.10 bits per heavy atom. The fourth-order valence-corrected chi connectivity index (χ4v) is 2.16. The summed E-state index contributed by atoms with van der Waals surface area (Å²) in [7, 11) is 0. The molecule has 6 heteroatoms. The second kappa shape index (κ2) is 5.94. The van der Waals surface area contributed by atoms with Crippen molar-refractivity contribution < 1.29 is 14.6 Å². The molecular weight excluding hydrogens is 336 g/mol. The Bertz CT molecular complexity index is 766. The maximum atomic E-state index is 11.0. The molecule has 0 saturated carbocycles. The van der Waals surface area contributed by atoms with Crippen molar-refractivity contribution in [1.29, 1.82) is 5.26 Å². The van der Waals surface area contributed by atoms with Gasteiger partial charge in [0.1, 0.15) is 17.4 Å². The Balaban J connectivity index is 2.50. The van der Waals surface area contributed by atoms with Gasteiger partial charge in [-0.3, -0.25) is 0 Å². The SMILES string of the molecule is Cc1cc(C)c(C#N)c(Oc2cc(C(=O)O)ccc2Br)n1. The molecule has 0 radical (unpaired) electrons. The number of aryl methyl sites for hydroxylation is 2. The van der Waals surface area contributed by atoms with E-state index in [0.29, 0.717) is 21.5 Å². The first-order valence-electron chi connectivity index (χ1n) is 6.01. The number of hydrogen-bond donors (Lipinski definition) is 1. The molecule has 0 aliphatic heterocycles. The van der Waals surface area contributed by atoms with Crippen molar-refractivity contribution in [3.63, 3.8) is 0 Å². The van der Waals surface area contributed by atoms with Gasteiger partial charge in [-0.05, 0) is 59.6 Å². The number of carboxylic acids is 1. The van der Waals surface area contributed by atoms with Gasteiger partial charge in [-0.15, -0.1) is 0 Å². The van der Waals surface area contributed by atoms with Crippen LogP contribution in [0.15, 0.2) is 28.7 Å². The van der Waals surface area contributed by atoms with E-state index in [9.17, 15) is 10.1 Å². The Kier molecular flexibility index (Phi) is 4.24. The van der Waals surface area contributed by atoms with Crippen LogP contribution in [0.2, 0.25) is 0 Å². The van der Waals surface area contributed by atoms with E-state index < -0.39 is 5.97 Å². The number of hydrogen-bond acceptors (Lipinski definition) is 4. The van der Waals surface area contributed by atoms with Gasteiger partial charge in [0.05, 0.1) is 10.0 Å². The number of benzene rings is 1. The third kappa shape index (κ3) is 3.20. The largest absolute Gasteiger partial charge is 0.478 e. The first-order valence-corrected chi connectivity index (χ1v) is 6.80. The molecule has 0 saturated heterocycles. The third-order valence-corrected chi connectivity index (χ3v) is 3.46. The second-order valence-corrected chi connectivity index (χ2v) is 5.28. The lowest BCUT2D eigenvalue weighted by Crippen LogP contribution is -2.00. The summed E-state index contributed by atoms with van der Waals surface area (Å²) in [6, 6.07) is 8.25. The number of carboxylic acid groups (broad SMARTS) is 1. The van der Waals surface area contributed by atoms with Crippen molar-refractivity contribution >= 4 is 21.9 Å². The van der Waals surface area contributed by atoms with Gasteiger partial charge in [0.25, 0.3) is 0 Å². The molecular formula is C15H11BrN2O3. The number of halogens is 1. The summed E-state index contributed by atoms with van der Waals surface area (Å²) in [4.78, 5) is 15.2. The standard InChI is InChI=1S/C15H11BrN2O3/c1-8-5-9(2)18-14(11(8)7-17)21-13-6-10(15(19)20)3-4-12(13)16/h3-6H,1-2H3,(H,19,20). The second-order valence-electron chi connectivity index (χ2n) is 4.42. The summed E-state index contributed by atoms with van der Waals surface area (Å²) >= 11 is 3.29. The van der Waals surface area contributed by atoms with E-state index in [-0.39, 0.29) is 11.4 Å². The maximum absolute atomic E-state index is 11.0. The number of aromatic nitrogens is 1. The molecule has 0 aliphatic rings. The van der Waals surface area contributed by atoms with Gasteiger partial charge in [0, 0.05) is 5.69 Å². The fourth-order valence-electron chi connectivity index (χ4n) is 1.83. The minimum atomic E-state index is -1.05. The monoisotopic (exact) mass is 346 g/mol. The Morgan fingerprint density at radius 3 is 2.71 bits per heavy atom. The smallest absolute Gasteiger partial charge is 0.335 e. The van der Waals surface area contributed by atoms with Gasteiger partial charge < -0.3 is 9.84 Å². The van der Waals surface area contributed by atoms with Crippen molar-refractivity contribution in [3.8, 4) is 17.7 Å². The average Bonchev–Trinajstić information content (AvgIpc) is 2.40. The molecule has 0 unspecified atom stereocenters. The summed E-state index contributed by atoms with van der Waals surface area (Å²) in [6.45, 7) is 3.59. The van der Waals surface area contributed by atoms with Crippen molar-refractivity contribution in [2.24, 2.45) is 0 Å². The van der Waals surface area contributed by atoms with Crippen LogP contribution in [0.4, 0.5) is 0 Å². The number of pyridine rings is 1. The first kappa shape index (κ1) is 15.0. The minimum Gasteiger partial charge on any atom is -0.478 e. The molecule has 0 amide bonds. The summed E-state index contributed by atoms with van der Waals surface area (Å²) in [5.41, 5.74) is 1.89. The number of nitriles is 1. The first-order chi connectivity index (χ1) is 9.92. The normalized spacial score (nSPS) is 10.0. The Hall–Kier alpha value is -2.39. The summed E-state index contributed by atoms with van der Waals surface area (Å²) in [5, 5.41) is 18.2. The zero-order valence-electron chi connectivity index (χ0n) is 11.3. The van der Waals surface area contributed by atoms with Crippen molar-refractivity contribution in [3.05, 3.63) is 51.1 Å². The average molecular weight is 347 g/mol. The van der Waals surface area contributed by atoms with E-state index in [0.717, 1.165) is 5.56 Å². The van der Waals surface area contributed by atoms with Crippen LogP contribution in [-0.2, 0) is 0 Å². The predicted octanol–water partition coefficient (Wildman–Crippen LogP) is 3.82. The van der Waals surface area contributed by atoms with Crippen LogP contribution in [-0.4, -0.2) is 16.1 Å². The fraction of sp³-hybridized carbons (Fsp3) is 0.133. The van der Waals surface area contributed by atoms with Crippen LogP contribution >= 0.6 is 15.9 Å². The highest BCUT2D eigenvalue weighted by Crippen LogP contribution is 2.32. The van der Waals surface area contributed by atoms with Gasteiger partial charge >= 0.3 is 5.97 Å². The molecule has 1 aromatic carbocycles. The topological polar surface area (TPSA) is 83.2 Å². The van der Waals surface area contributed by atoms with Gasteiger partial charge in [-0.1, -0.05) is 0 Å².